The molecule has 0 radical (unpaired) electrons. The van der Waals surface area contributed by atoms with Gasteiger partial charge in [0.2, 0.25) is 5.91 Å². The molecule has 126 valence electrons. The highest BCUT2D eigenvalue weighted by molar-refractivity contribution is 6.31. The van der Waals surface area contributed by atoms with Crippen LogP contribution in [-0.4, -0.2) is 70.9 Å². The van der Waals surface area contributed by atoms with Crippen LogP contribution >= 0.6 is 11.6 Å². The third kappa shape index (κ3) is 3.84. The average Bonchev–Trinajstić information content (AvgIpc) is 2.90. The molecule has 2 aliphatic rings. The summed E-state index contributed by atoms with van der Waals surface area (Å²) in [7, 11) is 0. The quantitative estimate of drug-likeness (QED) is 0.842. The first-order valence-electron chi connectivity index (χ1n) is 8.35. The van der Waals surface area contributed by atoms with E-state index >= 15 is 0 Å². The van der Waals surface area contributed by atoms with Crippen LogP contribution in [0.2, 0.25) is 5.02 Å². The van der Waals surface area contributed by atoms with E-state index < -0.39 is 0 Å². The van der Waals surface area contributed by atoms with E-state index in [1.54, 1.807) is 19.3 Å². The van der Waals surface area contributed by atoms with E-state index in [1.807, 2.05) is 11.0 Å². The Hall–Kier alpha value is -1.17. The Morgan fingerprint density at radius 1 is 1.30 bits per heavy atom. The van der Waals surface area contributed by atoms with Crippen molar-refractivity contribution in [2.75, 3.05) is 39.3 Å². The predicted molar refractivity (Wildman–Crippen MR) is 91.3 cm³/mol. The van der Waals surface area contributed by atoms with Gasteiger partial charge in [-0.3, -0.25) is 19.6 Å². The van der Waals surface area contributed by atoms with Gasteiger partial charge in [0.25, 0.3) is 0 Å². The summed E-state index contributed by atoms with van der Waals surface area (Å²) in [4.78, 5) is 22.5. The van der Waals surface area contributed by atoms with Crippen LogP contribution in [0.5, 0.6) is 0 Å². The second-order valence-corrected chi connectivity index (χ2v) is 7.16. The average molecular weight is 337 g/mol. The zero-order chi connectivity index (χ0) is 16.4. The van der Waals surface area contributed by atoms with E-state index in [1.165, 1.54) is 0 Å². The van der Waals surface area contributed by atoms with Crippen LogP contribution in [-0.2, 0) is 11.3 Å². The highest BCUT2D eigenvalue weighted by atomic mass is 35.5. The lowest BCUT2D eigenvalue weighted by molar-refractivity contribution is -0.130. The Bertz CT molecular complexity index is 559. The molecule has 0 unspecified atom stereocenters. The third-order valence-corrected chi connectivity index (χ3v) is 5.47. The number of hydrogen-bond donors (Lipinski definition) is 0. The van der Waals surface area contributed by atoms with E-state index in [0.29, 0.717) is 12.0 Å². The molecule has 23 heavy (non-hydrogen) atoms. The molecular weight excluding hydrogens is 312 g/mol. The van der Waals surface area contributed by atoms with Gasteiger partial charge in [0.05, 0.1) is 5.02 Å². The second-order valence-electron chi connectivity index (χ2n) is 6.75. The molecule has 2 saturated heterocycles. The molecule has 2 atom stereocenters. The molecule has 5 nitrogen and oxygen atoms in total. The van der Waals surface area contributed by atoms with Crippen molar-refractivity contribution in [3.05, 3.63) is 29.0 Å². The molecule has 0 aromatic carbocycles. The number of amides is 1. The molecule has 0 spiro atoms. The van der Waals surface area contributed by atoms with Gasteiger partial charge >= 0.3 is 0 Å². The number of rotatable bonds is 3. The standard InChI is InChI=1S/C17H25ClN4O/c1-13-10-20(11-15-3-4-19-9-16(15)18)12-17(13)22-7-5-21(6-8-22)14(2)23/h3-4,9,13,17H,5-8,10-12H2,1-2H3/t13-,17-/m1/s1. The molecule has 2 fully saturated rings. The van der Waals surface area contributed by atoms with Gasteiger partial charge in [0.15, 0.2) is 0 Å². The fourth-order valence-electron chi connectivity index (χ4n) is 3.79. The Morgan fingerprint density at radius 2 is 2.04 bits per heavy atom. The fourth-order valence-corrected chi connectivity index (χ4v) is 3.97. The minimum atomic E-state index is 0.193. The topological polar surface area (TPSA) is 39.7 Å². The number of carbonyl (C=O) groups is 1. The number of carbonyl (C=O) groups excluding carboxylic acids is 1. The number of pyridine rings is 1. The van der Waals surface area contributed by atoms with Gasteiger partial charge in [-0.25, -0.2) is 0 Å². The van der Waals surface area contributed by atoms with Crippen molar-refractivity contribution in [2.24, 2.45) is 5.92 Å². The summed E-state index contributed by atoms with van der Waals surface area (Å²) in [6.45, 7) is 10.7. The molecule has 0 aliphatic carbocycles. The summed E-state index contributed by atoms with van der Waals surface area (Å²) in [5, 5.41) is 0.749. The van der Waals surface area contributed by atoms with Crippen LogP contribution in [0.4, 0.5) is 0 Å². The van der Waals surface area contributed by atoms with Crippen molar-refractivity contribution in [3.8, 4) is 0 Å². The number of piperazine rings is 1. The molecular formula is C17H25ClN4O. The summed E-state index contributed by atoms with van der Waals surface area (Å²) < 4.78 is 0. The molecule has 0 saturated carbocycles. The predicted octanol–water partition coefficient (Wildman–Crippen LogP) is 1.72. The number of likely N-dealkylation sites (tertiary alicyclic amines) is 1. The Balaban J connectivity index is 1.57. The molecule has 0 bridgehead atoms. The van der Waals surface area contributed by atoms with Crippen LogP contribution in [0.25, 0.3) is 0 Å². The minimum absolute atomic E-state index is 0.193. The van der Waals surface area contributed by atoms with Crippen molar-refractivity contribution >= 4 is 17.5 Å². The first kappa shape index (κ1) is 16.7. The second kappa shape index (κ2) is 7.16. The third-order valence-electron chi connectivity index (χ3n) is 5.13. The largest absolute Gasteiger partial charge is 0.340 e. The SMILES string of the molecule is CC(=O)N1CCN([C@@H]2CN(Cc3ccncc3Cl)C[C@H]2C)CC1. The van der Waals surface area contributed by atoms with Crippen LogP contribution in [0, 0.1) is 5.92 Å². The zero-order valence-corrected chi connectivity index (χ0v) is 14.7. The van der Waals surface area contributed by atoms with E-state index in [2.05, 4.69) is 21.7 Å². The monoisotopic (exact) mass is 336 g/mol. The van der Waals surface area contributed by atoms with Gasteiger partial charge in [-0.2, -0.15) is 0 Å². The molecule has 3 rings (SSSR count). The first-order valence-corrected chi connectivity index (χ1v) is 8.72. The number of hydrogen-bond acceptors (Lipinski definition) is 4. The van der Waals surface area contributed by atoms with Gasteiger partial charge in [-0.1, -0.05) is 18.5 Å². The summed E-state index contributed by atoms with van der Waals surface area (Å²) in [5.41, 5.74) is 1.15. The van der Waals surface area contributed by atoms with Crippen LogP contribution in [0.3, 0.4) is 0 Å². The van der Waals surface area contributed by atoms with Crippen LogP contribution in [0.1, 0.15) is 19.4 Å². The summed E-state index contributed by atoms with van der Waals surface area (Å²) >= 11 is 6.23. The number of nitrogens with zero attached hydrogens (tertiary/aromatic N) is 4. The van der Waals surface area contributed by atoms with Gasteiger partial charge in [-0.15, -0.1) is 0 Å². The van der Waals surface area contributed by atoms with Crippen LogP contribution in [0.15, 0.2) is 18.5 Å². The fraction of sp³-hybridized carbons (Fsp3) is 0.647. The lowest BCUT2D eigenvalue weighted by atomic mass is 10.0. The summed E-state index contributed by atoms with van der Waals surface area (Å²) in [6, 6.07) is 2.58. The van der Waals surface area contributed by atoms with Crippen molar-refractivity contribution in [1.82, 2.24) is 19.7 Å². The maximum absolute atomic E-state index is 11.5. The molecule has 1 amide bonds. The normalized spacial score (nSPS) is 26.7. The summed E-state index contributed by atoms with van der Waals surface area (Å²) in [5.74, 6) is 0.831. The van der Waals surface area contributed by atoms with E-state index in [9.17, 15) is 4.79 Å². The maximum Gasteiger partial charge on any atom is 0.219 e. The van der Waals surface area contributed by atoms with Crippen molar-refractivity contribution in [1.29, 1.82) is 0 Å². The van der Waals surface area contributed by atoms with E-state index in [0.717, 1.165) is 56.4 Å². The molecule has 1 aromatic heterocycles. The van der Waals surface area contributed by atoms with Gasteiger partial charge in [-0.05, 0) is 17.5 Å². The molecule has 1 aromatic rings. The van der Waals surface area contributed by atoms with Crippen molar-refractivity contribution in [3.63, 3.8) is 0 Å². The Labute approximate surface area is 143 Å². The van der Waals surface area contributed by atoms with Crippen LogP contribution < -0.4 is 0 Å². The zero-order valence-electron chi connectivity index (χ0n) is 13.9. The first-order chi connectivity index (χ1) is 11.0. The highest BCUT2D eigenvalue weighted by Gasteiger charge is 2.35. The Morgan fingerprint density at radius 3 is 2.70 bits per heavy atom. The highest BCUT2D eigenvalue weighted by Crippen LogP contribution is 2.26. The summed E-state index contributed by atoms with van der Waals surface area (Å²) in [6.07, 6.45) is 3.52. The Kier molecular flexibility index (Phi) is 5.19. The van der Waals surface area contributed by atoms with E-state index in [4.69, 9.17) is 11.6 Å². The molecule has 6 heteroatoms. The maximum atomic E-state index is 11.5. The van der Waals surface area contributed by atoms with Crippen molar-refractivity contribution in [2.45, 2.75) is 26.4 Å². The van der Waals surface area contributed by atoms with E-state index in [-0.39, 0.29) is 5.91 Å². The molecule has 3 heterocycles. The van der Waals surface area contributed by atoms with Gasteiger partial charge in [0, 0.05) is 71.2 Å². The molecule has 0 N–H and O–H groups in total. The number of halogens is 1. The lowest BCUT2D eigenvalue weighted by Crippen LogP contribution is -2.53. The number of aromatic nitrogens is 1. The smallest absolute Gasteiger partial charge is 0.219 e. The minimum Gasteiger partial charge on any atom is -0.340 e. The lowest BCUT2D eigenvalue weighted by Gasteiger charge is -2.39. The van der Waals surface area contributed by atoms with Gasteiger partial charge in [0.1, 0.15) is 0 Å². The van der Waals surface area contributed by atoms with Crippen molar-refractivity contribution < 1.29 is 4.79 Å². The molecule has 2 aliphatic heterocycles. The van der Waals surface area contributed by atoms with Gasteiger partial charge < -0.3 is 4.90 Å².